The second kappa shape index (κ2) is 2.88. The molecule has 0 unspecified atom stereocenters. The smallest absolute Gasteiger partial charge is 0.336 e. The second-order valence-electron chi connectivity index (χ2n) is 2.69. The monoisotopic (exact) mass is 239 g/mol. The van der Waals surface area contributed by atoms with Crippen LogP contribution in [0.4, 0.5) is 0 Å². The van der Waals surface area contributed by atoms with Crippen LogP contribution in [0.5, 0.6) is 0 Å². The molecule has 0 aliphatic heterocycles. The summed E-state index contributed by atoms with van der Waals surface area (Å²) in [6, 6.07) is 6.91. The Balaban J connectivity index is 2.82. The van der Waals surface area contributed by atoms with Crippen molar-refractivity contribution in [3.63, 3.8) is 0 Å². The van der Waals surface area contributed by atoms with Gasteiger partial charge in [-0.2, -0.15) is 0 Å². The minimum atomic E-state index is -0.905. The molecule has 4 heteroatoms. The fourth-order valence-corrected chi connectivity index (χ4v) is 1.75. The van der Waals surface area contributed by atoms with Crippen LogP contribution in [0.2, 0.25) is 0 Å². The van der Waals surface area contributed by atoms with Gasteiger partial charge < -0.3 is 10.1 Å². The average Bonchev–Trinajstić information content (AvgIpc) is 2.43. The molecule has 0 radical (unpaired) electrons. The average molecular weight is 240 g/mol. The maximum Gasteiger partial charge on any atom is 0.336 e. The van der Waals surface area contributed by atoms with Crippen molar-refractivity contribution < 1.29 is 9.90 Å². The first-order valence-electron chi connectivity index (χ1n) is 3.69. The van der Waals surface area contributed by atoms with Crippen molar-refractivity contribution in [3.05, 3.63) is 34.4 Å². The van der Waals surface area contributed by atoms with Gasteiger partial charge in [-0.25, -0.2) is 4.79 Å². The number of aromatic nitrogens is 1. The van der Waals surface area contributed by atoms with Crippen LogP contribution in [0.15, 0.2) is 28.9 Å². The summed E-state index contributed by atoms with van der Waals surface area (Å²) in [6.07, 6.45) is 0. The summed E-state index contributed by atoms with van der Waals surface area (Å²) in [4.78, 5) is 13.8. The number of aromatic carboxylic acids is 1. The zero-order chi connectivity index (χ0) is 9.42. The summed E-state index contributed by atoms with van der Waals surface area (Å²) in [5.74, 6) is -0.905. The van der Waals surface area contributed by atoms with Crippen LogP contribution >= 0.6 is 15.9 Å². The number of rotatable bonds is 1. The van der Waals surface area contributed by atoms with Gasteiger partial charge in [-0.15, -0.1) is 0 Å². The Bertz CT molecular complexity index is 475. The fourth-order valence-electron chi connectivity index (χ4n) is 1.31. The molecule has 1 aromatic heterocycles. The first kappa shape index (κ1) is 8.31. The highest BCUT2D eigenvalue weighted by Crippen LogP contribution is 2.22. The van der Waals surface area contributed by atoms with Gasteiger partial charge in [-0.3, -0.25) is 0 Å². The summed E-state index contributed by atoms with van der Waals surface area (Å²) in [5, 5.41) is 9.59. The van der Waals surface area contributed by atoms with Crippen LogP contribution in [0.3, 0.4) is 0 Å². The number of halogens is 1. The minimum Gasteiger partial charge on any atom is -0.478 e. The number of fused-ring (bicyclic) bond motifs is 1. The molecule has 0 atom stereocenters. The van der Waals surface area contributed by atoms with Crippen LogP contribution in [-0.2, 0) is 0 Å². The number of H-pyrrole nitrogens is 1. The van der Waals surface area contributed by atoms with Crippen molar-refractivity contribution in [1.82, 2.24) is 4.98 Å². The zero-order valence-electron chi connectivity index (χ0n) is 6.54. The highest BCUT2D eigenvalue weighted by Gasteiger charge is 2.09. The Morgan fingerprint density at radius 3 is 2.92 bits per heavy atom. The molecule has 66 valence electrons. The maximum absolute atomic E-state index is 10.8. The van der Waals surface area contributed by atoms with E-state index in [-0.39, 0.29) is 0 Å². The molecule has 2 rings (SSSR count). The Kier molecular flexibility index (Phi) is 1.84. The molecule has 0 amide bonds. The van der Waals surface area contributed by atoms with Crippen LogP contribution in [0.1, 0.15) is 10.4 Å². The van der Waals surface area contributed by atoms with Gasteiger partial charge >= 0.3 is 5.97 Å². The number of carboxylic acids is 1. The topological polar surface area (TPSA) is 53.1 Å². The maximum atomic E-state index is 10.8. The first-order chi connectivity index (χ1) is 6.18. The van der Waals surface area contributed by atoms with Gasteiger partial charge in [0.1, 0.15) is 0 Å². The summed E-state index contributed by atoms with van der Waals surface area (Å²) in [5.41, 5.74) is 1.14. The lowest BCUT2D eigenvalue weighted by atomic mass is 10.1. The van der Waals surface area contributed by atoms with E-state index in [1.165, 1.54) is 0 Å². The largest absolute Gasteiger partial charge is 0.478 e. The van der Waals surface area contributed by atoms with Crippen LogP contribution in [-0.4, -0.2) is 16.1 Å². The molecule has 0 saturated carbocycles. The van der Waals surface area contributed by atoms with E-state index in [2.05, 4.69) is 20.9 Å². The molecule has 0 aliphatic carbocycles. The molecule has 13 heavy (non-hydrogen) atoms. The van der Waals surface area contributed by atoms with Crippen LogP contribution < -0.4 is 0 Å². The molecule has 1 aromatic carbocycles. The SMILES string of the molecule is O=C(O)c1cccc2[nH]c(Br)cc12. The van der Waals surface area contributed by atoms with Crippen molar-refractivity contribution in [1.29, 1.82) is 0 Å². The van der Waals surface area contributed by atoms with Crippen LogP contribution in [0.25, 0.3) is 10.9 Å². The predicted octanol–water partition coefficient (Wildman–Crippen LogP) is 2.63. The third-order valence-electron chi connectivity index (χ3n) is 1.86. The summed E-state index contributed by atoms with van der Waals surface area (Å²) in [7, 11) is 0. The Morgan fingerprint density at radius 1 is 1.46 bits per heavy atom. The molecule has 0 saturated heterocycles. The molecule has 1 heterocycles. The Hall–Kier alpha value is -1.29. The highest BCUT2D eigenvalue weighted by molar-refractivity contribution is 9.10. The van der Waals surface area contributed by atoms with Gasteiger partial charge in [-0.05, 0) is 34.1 Å². The van der Waals surface area contributed by atoms with Crippen molar-refractivity contribution in [2.75, 3.05) is 0 Å². The van der Waals surface area contributed by atoms with Crippen molar-refractivity contribution in [2.45, 2.75) is 0 Å². The molecule has 0 aliphatic rings. The van der Waals surface area contributed by atoms with E-state index < -0.39 is 5.97 Å². The molecule has 0 fully saturated rings. The van der Waals surface area contributed by atoms with Crippen molar-refractivity contribution in [3.8, 4) is 0 Å². The number of carboxylic acid groups (broad SMARTS) is 1. The number of aromatic amines is 1. The predicted molar refractivity (Wildman–Crippen MR) is 53.0 cm³/mol. The van der Waals surface area contributed by atoms with Crippen LogP contribution in [0, 0.1) is 0 Å². The normalized spacial score (nSPS) is 10.5. The number of carbonyl (C=O) groups is 1. The Morgan fingerprint density at radius 2 is 2.23 bits per heavy atom. The number of hydrogen-bond acceptors (Lipinski definition) is 1. The summed E-state index contributed by atoms with van der Waals surface area (Å²) >= 11 is 3.26. The molecule has 2 aromatic rings. The highest BCUT2D eigenvalue weighted by atomic mass is 79.9. The quantitative estimate of drug-likeness (QED) is 0.804. The van der Waals surface area contributed by atoms with Crippen molar-refractivity contribution >= 4 is 32.8 Å². The van der Waals surface area contributed by atoms with Crippen molar-refractivity contribution in [2.24, 2.45) is 0 Å². The van der Waals surface area contributed by atoms with E-state index in [9.17, 15) is 4.79 Å². The van der Waals surface area contributed by atoms with Gasteiger partial charge in [0.05, 0.1) is 10.2 Å². The number of nitrogens with one attached hydrogen (secondary N) is 1. The van der Waals surface area contributed by atoms with E-state index in [1.54, 1.807) is 18.2 Å². The van der Waals surface area contributed by atoms with E-state index in [4.69, 9.17) is 5.11 Å². The van der Waals surface area contributed by atoms with Gasteiger partial charge in [0, 0.05) is 10.9 Å². The van der Waals surface area contributed by atoms with Gasteiger partial charge in [0.2, 0.25) is 0 Å². The molecule has 3 nitrogen and oxygen atoms in total. The second-order valence-corrected chi connectivity index (χ2v) is 3.54. The fraction of sp³-hybridized carbons (Fsp3) is 0. The molecule has 2 N–H and O–H groups in total. The lowest BCUT2D eigenvalue weighted by Crippen LogP contribution is -1.95. The van der Waals surface area contributed by atoms with E-state index in [1.807, 2.05) is 6.07 Å². The van der Waals surface area contributed by atoms with Gasteiger partial charge in [0.15, 0.2) is 0 Å². The lowest BCUT2D eigenvalue weighted by Gasteiger charge is -1.94. The first-order valence-corrected chi connectivity index (χ1v) is 4.48. The molecule has 0 spiro atoms. The molecular formula is C9H6BrNO2. The van der Waals surface area contributed by atoms with Gasteiger partial charge in [0.25, 0.3) is 0 Å². The number of hydrogen-bond donors (Lipinski definition) is 2. The zero-order valence-corrected chi connectivity index (χ0v) is 8.13. The third kappa shape index (κ3) is 1.33. The van der Waals surface area contributed by atoms with Gasteiger partial charge in [-0.1, -0.05) is 6.07 Å². The number of benzene rings is 1. The summed E-state index contributed by atoms with van der Waals surface area (Å²) in [6.45, 7) is 0. The Labute approximate surface area is 82.5 Å². The molecule has 0 bridgehead atoms. The standard InChI is InChI=1S/C9H6BrNO2/c10-8-4-6-5(9(12)13)2-1-3-7(6)11-8/h1-4,11H,(H,12,13). The lowest BCUT2D eigenvalue weighted by molar-refractivity contribution is 0.0699. The van der Waals surface area contributed by atoms with E-state index in [0.29, 0.717) is 5.56 Å². The van der Waals surface area contributed by atoms with E-state index >= 15 is 0 Å². The minimum absolute atomic E-state index is 0.319. The summed E-state index contributed by atoms with van der Waals surface area (Å²) < 4.78 is 0.788. The molecular weight excluding hydrogens is 234 g/mol. The van der Waals surface area contributed by atoms with E-state index in [0.717, 1.165) is 15.5 Å². The third-order valence-corrected chi connectivity index (χ3v) is 2.29.